The molecule has 78 valence electrons. The Balaban J connectivity index is 2.41. The molecular weight excluding hydrogens is 186 g/mol. The fourth-order valence-corrected chi connectivity index (χ4v) is 1.61. The van der Waals surface area contributed by atoms with Gasteiger partial charge in [0.15, 0.2) is 0 Å². The molecule has 15 heavy (non-hydrogen) atoms. The first-order chi connectivity index (χ1) is 7.18. The molecule has 0 fully saturated rings. The first-order valence-corrected chi connectivity index (χ1v) is 4.91. The summed E-state index contributed by atoms with van der Waals surface area (Å²) >= 11 is 0. The van der Waals surface area contributed by atoms with Gasteiger partial charge in [-0.3, -0.25) is 0 Å². The maximum Gasteiger partial charge on any atom is 0.0644 e. The van der Waals surface area contributed by atoms with Crippen LogP contribution >= 0.6 is 0 Å². The molecule has 0 saturated carbocycles. The third kappa shape index (κ3) is 1.81. The predicted molar refractivity (Wildman–Crippen MR) is 64.4 cm³/mol. The SMILES string of the molecule is Cc1ccc(N)c(N(C)c2cc[nH]c2)c1. The van der Waals surface area contributed by atoms with Gasteiger partial charge in [-0.25, -0.2) is 0 Å². The van der Waals surface area contributed by atoms with Crippen LogP contribution in [0.15, 0.2) is 36.7 Å². The molecule has 0 aliphatic heterocycles. The van der Waals surface area contributed by atoms with Crippen LogP contribution in [0.25, 0.3) is 0 Å². The molecule has 1 aromatic carbocycles. The van der Waals surface area contributed by atoms with Gasteiger partial charge in [-0.2, -0.15) is 0 Å². The van der Waals surface area contributed by atoms with Gasteiger partial charge in [0.25, 0.3) is 0 Å². The standard InChI is InChI=1S/C12H15N3/c1-9-3-4-11(13)12(7-9)15(2)10-5-6-14-8-10/h3-8,14H,13H2,1-2H3. The minimum absolute atomic E-state index is 0.796. The van der Waals surface area contributed by atoms with Crippen molar-refractivity contribution in [3.8, 4) is 0 Å². The van der Waals surface area contributed by atoms with E-state index < -0.39 is 0 Å². The molecule has 0 atom stereocenters. The molecule has 2 rings (SSSR count). The number of nitrogens with one attached hydrogen (secondary N) is 1. The lowest BCUT2D eigenvalue weighted by Crippen LogP contribution is -2.10. The number of aromatic amines is 1. The lowest BCUT2D eigenvalue weighted by Gasteiger charge is -2.20. The van der Waals surface area contributed by atoms with Crippen LogP contribution in [0.4, 0.5) is 17.1 Å². The largest absolute Gasteiger partial charge is 0.397 e. The topological polar surface area (TPSA) is 45.0 Å². The predicted octanol–water partition coefficient (Wildman–Crippen LogP) is 2.67. The number of hydrogen-bond donors (Lipinski definition) is 2. The molecule has 1 aromatic heterocycles. The number of nitrogens with zero attached hydrogens (tertiary/aromatic N) is 1. The van der Waals surface area contributed by atoms with Gasteiger partial charge in [-0.05, 0) is 30.7 Å². The molecule has 0 unspecified atom stereocenters. The van der Waals surface area contributed by atoms with E-state index in [1.165, 1.54) is 5.56 Å². The van der Waals surface area contributed by atoms with Crippen molar-refractivity contribution in [1.29, 1.82) is 0 Å². The second-order valence-electron chi connectivity index (χ2n) is 3.69. The normalized spacial score (nSPS) is 10.3. The summed E-state index contributed by atoms with van der Waals surface area (Å²) in [6, 6.07) is 8.06. The number of H-pyrrole nitrogens is 1. The van der Waals surface area contributed by atoms with Gasteiger partial charge in [0.1, 0.15) is 0 Å². The van der Waals surface area contributed by atoms with E-state index in [2.05, 4.69) is 22.9 Å². The van der Waals surface area contributed by atoms with Crippen molar-refractivity contribution in [2.45, 2.75) is 6.92 Å². The smallest absolute Gasteiger partial charge is 0.0644 e. The summed E-state index contributed by atoms with van der Waals surface area (Å²) in [5, 5.41) is 0. The summed E-state index contributed by atoms with van der Waals surface area (Å²) in [5.74, 6) is 0. The molecule has 3 heteroatoms. The Bertz CT molecular complexity index is 446. The summed E-state index contributed by atoms with van der Waals surface area (Å²) in [7, 11) is 2.01. The lowest BCUT2D eigenvalue weighted by atomic mass is 10.2. The highest BCUT2D eigenvalue weighted by Crippen LogP contribution is 2.29. The first-order valence-electron chi connectivity index (χ1n) is 4.91. The zero-order valence-corrected chi connectivity index (χ0v) is 8.99. The molecule has 2 aromatic rings. The molecule has 1 heterocycles. The molecular formula is C12H15N3. The van der Waals surface area contributed by atoms with Gasteiger partial charge >= 0.3 is 0 Å². The maximum absolute atomic E-state index is 5.94. The van der Waals surface area contributed by atoms with E-state index in [1.807, 2.05) is 37.6 Å². The van der Waals surface area contributed by atoms with Crippen LogP contribution in [-0.4, -0.2) is 12.0 Å². The van der Waals surface area contributed by atoms with E-state index in [4.69, 9.17) is 5.73 Å². The molecule has 0 amide bonds. The number of rotatable bonds is 2. The highest BCUT2D eigenvalue weighted by atomic mass is 15.1. The molecule has 0 radical (unpaired) electrons. The molecule has 0 aliphatic carbocycles. The minimum Gasteiger partial charge on any atom is -0.397 e. The van der Waals surface area contributed by atoms with Gasteiger partial charge in [0, 0.05) is 19.4 Å². The van der Waals surface area contributed by atoms with Crippen LogP contribution in [-0.2, 0) is 0 Å². The number of nitrogens with two attached hydrogens (primary N) is 1. The van der Waals surface area contributed by atoms with Crippen LogP contribution in [0, 0.1) is 6.92 Å². The van der Waals surface area contributed by atoms with E-state index >= 15 is 0 Å². The Kier molecular flexibility index (Phi) is 2.37. The summed E-state index contributed by atoms with van der Waals surface area (Å²) < 4.78 is 0. The van der Waals surface area contributed by atoms with Gasteiger partial charge in [-0.1, -0.05) is 6.07 Å². The zero-order chi connectivity index (χ0) is 10.8. The summed E-state index contributed by atoms with van der Waals surface area (Å²) in [6.45, 7) is 2.06. The number of aromatic nitrogens is 1. The monoisotopic (exact) mass is 201 g/mol. The fraction of sp³-hybridized carbons (Fsp3) is 0.167. The third-order valence-corrected chi connectivity index (χ3v) is 2.52. The van der Waals surface area contributed by atoms with Crippen LogP contribution in [0.3, 0.4) is 0 Å². The molecule has 3 N–H and O–H groups in total. The van der Waals surface area contributed by atoms with Crippen molar-refractivity contribution in [2.24, 2.45) is 0 Å². The highest BCUT2D eigenvalue weighted by molar-refractivity contribution is 5.74. The van der Waals surface area contributed by atoms with Crippen molar-refractivity contribution < 1.29 is 0 Å². The minimum atomic E-state index is 0.796. The zero-order valence-electron chi connectivity index (χ0n) is 8.99. The second kappa shape index (κ2) is 3.69. The van der Waals surface area contributed by atoms with E-state index in [-0.39, 0.29) is 0 Å². The summed E-state index contributed by atoms with van der Waals surface area (Å²) in [6.07, 6.45) is 3.85. The van der Waals surface area contributed by atoms with Crippen LogP contribution in [0.5, 0.6) is 0 Å². The van der Waals surface area contributed by atoms with Gasteiger partial charge < -0.3 is 15.6 Å². The van der Waals surface area contributed by atoms with Crippen LogP contribution < -0.4 is 10.6 Å². The molecule has 0 saturated heterocycles. The maximum atomic E-state index is 5.94. The molecule has 0 spiro atoms. The Morgan fingerprint density at radius 2 is 2.07 bits per heavy atom. The molecule has 0 aliphatic rings. The Morgan fingerprint density at radius 1 is 1.27 bits per heavy atom. The average molecular weight is 201 g/mol. The van der Waals surface area contributed by atoms with Crippen molar-refractivity contribution in [2.75, 3.05) is 17.7 Å². The Labute approximate surface area is 89.5 Å². The van der Waals surface area contributed by atoms with E-state index in [0.717, 1.165) is 17.1 Å². The van der Waals surface area contributed by atoms with Gasteiger partial charge in [-0.15, -0.1) is 0 Å². The number of aryl methyl sites for hydroxylation is 1. The highest BCUT2D eigenvalue weighted by Gasteiger charge is 2.07. The molecule has 3 nitrogen and oxygen atoms in total. The number of anilines is 3. The van der Waals surface area contributed by atoms with Gasteiger partial charge in [0.2, 0.25) is 0 Å². The van der Waals surface area contributed by atoms with E-state index in [9.17, 15) is 0 Å². The van der Waals surface area contributed by atoms with E-state index in [0.29, 0.717) is 0 Å². The quantitative estimate of drug-likeness (QED) is 0.734. The van der Waals surface area contributed by atoms with Crippen molar-refractivity contribution in [1.82, 2.24) is 4.98 Å². The lowest BCUT2D eigenvalue weighted by molar-refractivity contribution is 1.21. The van der Waals surface area contributed by atoms with E-state index in [1.54, 1.807) is 0 Å². The first kappa shape index (κ1) is 9.65. The average Bonchev–Trinajstić information content (AvgIpc) is 2.74. The third-order valence-electron chi connectivity index (χ3n) is 2.52. The van der Waals surface area contributed by atoms with Crippen LogP contribution in [0.1, 0.15) is 5.56 Å². The number of nitrogen functional groups attached to an aromatic ring is 1. The van der Waals surface area contributed by atoms with Crippen LogP contribution in [0.2, 0.25) is 0 Å². The van der Waals surface area contributed by atoms with Crippen molar-refractivity contribution in [3.63, 3.8) is 0 Å². The fourth-order valence-electron chi connectivity index (χ4n) is 1.61. The summed E-state index contributed by atoms with van der Waals surface area (Å²) in [4.78, 5) is 5.10. The summed E-state index contributed by atoms with van der Waals surface area (Å²) in [5.41, 5.74) is 10.1. The van der Waals surface area contributed by atoms with Crippen molar-refractivity contribution in [3.05, 3.63) is 42.2 Å². The van der Waals surface area contributed by atoms with Crippen molar-refractivity contribution >= 4 is 17.1 Å². The second-order valence-corrected chi connectivity index (χ2v) is 3.69. The number of hydrogen-bond acceptors (Lipinski definition) is 2. The van der Waals surface area contributed by atoms with Gasteiger partial charge in [0.05, 0.1) is 17.1 Å². The Hall–Kier alpha value is -1.90. The molecule has 0 bridgehead atoms. The number of benzene rings is 1. The Morgan fingerprint density at radius 3 is 2.73 bits per heavy atom.